The van der Waals surface area contributed by atoms with Crippen molar-refractivity contribution < 1.29 is 14.3 Å². The molecule has 3 heterocycles. The molecule has 160 valence electrons. The van der Waals surface area contributed by atoms with Crippen LogP contribution in [0, 0.1) is 0 Å². The fourth-order valence-electron chi connectivity index (χ4n) is 4.60. The smallest absolute Gasteiger partial charge is 0.273 e. The Hall–Kier alpha value is -2.32. The fourth-order valence-corrected chi connectivity index (χ4v) is 4.81. The Kier molecular flexibility index (Phi) is 5.52. The van der Waals surface area contributed by atoms with Crippen LogP contribution in [0.25, 0.3) is 0 Å². The Labute approximate surface area is 180 Å². The molecule has 0 unspecified atom stereocenters. The normalized spacial score (nSPS) is 21.8. The van der Waals surface area contributed by atoms with E-state index in [1.54, 1.807) is 6.20 Å². The highest BCUT2D eigenvalue weighted by Crippen LogP contribution is 2.37. The highest BCUT2D eigenvalue weighted by atomic mass is 35.5. The molecular formula is C21H26ClN5O3. The van der Waals surface area contributed by atoms with Gasteiger partial charge in [-0.05, 0) is 43.9 Å². The second kappa shape index (κ2) is 8.43. The Morgan fingerprint density at radius 2 is 1.97 bits per heavy atom. The molecule has 1 aromatic carbocycles. The predicted octanol–water partition coefficient (Wildman–Crippen LogP) is 3.17. The molecule has 1 aromatic heterocycles. The molecule has 30 heavy (non-hydrogen) atoms. The number of amides is 1. The van der Waals surface area contributed by atoms with Crippen molar-refractivity contribution in [3.05, 3.63) is 34.6 Å². The van der Waals surface area contributed by atoms with E-state index in [-0.39, 0.29) is 24.8 Å². The summed E-state index contributed by atoms with van der Waals surface area (Å²) in [4.78, 5) is 14.8. The quantitative estimate of drug-likeness (QED) is 0.783. The average Bonchev–Trinajstić information content (AvgIpc) is 3.50. The van der Waals surface area contributed by atoms with E-state index in [1.807, 2.05) is 16.8 Å². The number of hydrogen-bond donors (Lipinski definition) is 1. The average molecular weight is 432 g/mol. The molecule has 8 nitrogen and oxygen atoms in total. The lowest BCUT2D eigenvalue weighted by atomic mass is 10.0. The Morgan fingerprint density at radius 3 is 2.80 bits per heavy atom. The van der Waals surface area contributed by atoms with Gasteiger partial charge in [-0.15, -0.1) is 5.10 Å². The molecule has 3 aliphatic rings. The molecule has 1 saturated carbocycles. The standard InChI is InChI=1S/C21H26ClN5O3/c22-17-9-20-19(29-13-30-20)8-14(17)10-26-7-3-6-16(11-26)27-12-18(24-25-27)21(28)23-15-4-1-2-5-15/h8-9,12,15-16H,1-7,10-11,13H2,(H,23,28)/t16-/m1/s1. The number of piperidine rings is 1. The lowest BCUT2D eigenvalue weighted by Crippen LogP contribution is -2.36. The minimum atomic E-state index is -0.118. The lowest BCUT2D eigenvalue weighted by molar-refractivity contribution is 0.0932. The van der Waals surface area contributed by atoms with Crippen LogP contribution in [0.2, 0.25) is 5.02 Å². The minimum absolute atomic E-state index is 0.118. The minimum Gasteiger partial charge on any atom is -0.454 e. The van der Waals surface area contributed by atoms with Gasteiger partial charge in [0.1, 0.15) is 0 Å². The van der Waals surface area contributed by atoms with Crippen molar-refractivity contribution in [3.8, 4) is 11.5 Å². The van der Waals surface area contributed by atoms with Crippen molar-refractivity contribution in [2.75, 3.05) is 19.9 Å². The van der Waals surface area contributed by atoms with Gasteiger partial charge in [0, 0.05) is 30.2 Å². The third-order valence-electron chi connectivity index (χ3n) is 6.22. The first-order valence-corrected chi connectivity index (χ1v) is 11.1. The van der Waals surface area contributed by atoms with Crippen molar-refractivity contribution in [2.45, 2.75) is 57.2 Å². The molecule has 9 heteroatoms. The number of nitrogens with zero attached hydrogens (tertiary/aromatic N) is 4. The molecule has 5 rings (SSSR count). The van der Waals surface area contributed by atoms with Crippen molar-refractivity contribution >= 4 is 17.5 Å². The van der Waals surface area contributed by atoms with Gasteiger partial charge in [0.2, 0.25) is 6.79 Å². The van der Waals surface area contributed by atoms with Crippen LogP contribution in [0.15, 0.2) is 18.3 Å². The molecule has 1 saturated heterocycles. The number of carbonyl (C=O) groups is 1. The SMILES string of the molecule is O=C(NC1CCCC1)c1cn([C@@H]2CCCN(Cc3cc4c(cc3Cl)OCO4)C2)nn1. The van der Waals surface area contributed by atoms with E-state index in [0.717, 1.165) is 56.6 Å². The van der Waals surface area contributed by atoms with Gasteiger partial charge in [-0.2, -0.15) is 0 Å². The van der Waals surface area contributed by atoms with Crippen molar-refractivity contribution in [1.29, 1.82) is 0 Å². The summed E-state index contributed by atoms with van der Waals surface area (Å²) in [6.07, 6.45) is 8.33. The van der Waals surface area contributed by atoms with Gasteiger partial charge in [0.15, 0.2) is 17.2 Å². The van der Waals surface area contributed by atoms with E-state index < -0.39 is 0 Å². The molecule has 0 bridgehead atoms. The third-order valence-corrected chi connectivity index (χ3v) is 6.58. The number of halogens is 1. The van der Waals surface area contributed by atoms with Gasteiger partial charge in [0.25, 0.3) is 5.91 Å². The lowest BCUT2D eigenvalue weighted by Gasteiger charge is -2.32. The number of ether oxygens (including phenoxy) is 2. The van der Waals surface area contributed by atoms with Crippen LogP contribution in [0.3, 0.4) is 0 Å². The maximum Gasteiger partial charge on any atom is 0.273 e. The molecule has 1 amide bonds. The molecule has 0 radical (unpaired) electrons. The first-order chi connectivity index (χ1) is 14.7. The number of benzene rings is 1. The highest BCUT2D eigenvalue weighted by molar-refractivity contribution is 6.31. The molecule has 1 atom stereocenters. The van der Waals surface area contributed by atoms with E-state index in [1.165, 1.54) is 12.8 Å². The molecule has 2 fully saturated rings. The van der Waals surface area contributed by atoms with Gasteiger partial charge >= 0.3 is 0 Å². The summed E-state index contributed by atoms with van der Waals surface area (Å²) < 4.78 is 12.7. The van der Waals surface area contributed by atoms with Crippen LogP contribution in [0.1, 0.15) is 60.6 Å². The number of fused-ring (bicyclic) bond motifs is 1. The topological polar surface area (TPSA) is 81.5 Å². The molecule has 1 aliphatic carbocycles. The van der Waals surface area contributed by atoms with E-state index >= 15 is 0 Å². The van der Waals surface area contributed by atoms with E-state index in [9.17, 15) is 4.79 Å². The van der Waals surface area contributed by atoms with Gasteiger partial charge in [-0.1, -0.05) is 29.7 Å². The summed E-state index contributed by atoms with van der Waals surface area (Å²) in [5, 5.41) is 12.2. The van der Waals surface area contributed by atoms with Gasteiger partial charge in [-0.3, -0.25) is 9.69 Å². The molecular weight excluding hydrogens is 406 g/mol. The van der Waals surface area contributed by atoms with Gasteiger partial charge in [0.05, 0.1) is 12.2 Å². The fraction of sp³-hybridized carbons (Fsp3) is 0.571. The van der Waals surface area contributed by atoms with E-state index in [2.05, 4.69) is 20.5 Å². The number of rotatable bonds is 5. The van der Waals surface area contributed by atoms with Crippen LogP contribution in [0.5, 0.6) is 11.5 Å². The summed E-state index contributed by atoms with van der Waals surface area (Å²) in [5.74, 6) is 1.33. The van der Waals surface area contributed by atoms with Crippen LogP contribution >= 0.6 is 11.6 Å². The van der Waals surface area contributed by atoms with Crippen LogP contribution in [0.4, 0.5) is 0 Å². The number of aromatic nitrogens is 3. The predicted molar refractivity (Wildman–Crippen MR) is 111 cm³/mol. The van der Waals surface area contributed by atoms with Crippen LogP contribution in [-0.4, -0.2) is 51.7 Å². The van der Waals surface area contributed by atoms with Crippen molar-refractivity contribution in [2.24, 2.45) is 0 Å². The Morgan fingerprint density at radius 1 is 1.17 bits per heavy atom. The summed E-state index contributed by atoms with van der Waals surface area (Å²) in [5.41, 5.74) is 1.43. The van der Waals surface area contributed by atoms with Crippen LogP contribution in [-0.2, 0) is 6.54 Å². The van der Waals surface area contributed by atoms with Crippen molar-refractivity contribution in [1.82, 2.24) is 25.2 Å². The maximum absolute atomic E-state index is 12.5. The molecule has 2 aliphatic heterocycles. The number of likely N-dealkylation sites (tertiary alicyclic amines) is 1. The number of nitrogens with one attached hydrogen (secondary N) is 1. The first kappa shape index (κ1) is 19.6. The number of carbonyl (C=O) groups excluding carboxylic acids is 1. The molecule has 0 spiro atoms. The number of hydrogen-bond acceptors (Lipinski definition) is 6. The largest absolute Gasteiger partial charge is 0.454 e. The summed E-state index contributed by atoms with van der Waals surface area (Å²) in [6.45, 7) is 2.79. The second-order valence-corrected chi connectivity index (χ2v) is 8.77. The highest BCUT2D eigenvalue weighted by Gasteiger charge is 2.26. The molecule has 1 N–H and O–H groups in total. The Bertz CT molecular complexity index is 927. The Balaban J connectivity index is 1.23. The van der Waals surface area contributed by atoms with Crippen LogP contribution < -0.4 is 14.8 Å². The monoisotopic (exact) mass is 431 g/mol. The summed E-state index contributed by atoms with van der Waals surface area (Å²) in [7, 11) is 0. The van der Waals surface area contributed by atoms with Crippen molar-refractivity contribution in [3.63, 3.8) is 0 Å². The van der Waals surface area contributed by atoms with E-state index in [4.69, 9.17) is 21.1 Å². The first-order valence-electron chi connectivity index (χ1n) is 10.7. The zero-order valence-electron chi connectivity index (χ0n) is 16.8. The third kappa shape index (κ3) is 4.11. The van der Waals surface area contributed by atoms with E-state index in [0.29, 0.717) is 16.5 Å². The summed E-state index contributed by atoms with van der Waals surface area (Å²) in [6, 6.07) is 4.26. The maximum atomic E-state index is 12.5. The second-order valence-electron chi connectivity index (χ2n) is 8.37. The van der Waals surface area contributed by atoms with Gasteiger partial charge in [-0.25, -0.2) is 4.68 Å². The molecule has 2 aromatic rings. The zero-order chi connectivity index (χ0) is 20.5. The van der Waals surface area contributed by atoms with Gasteiger partial charge < -0.3 is 14.8 Å². The summed E-state index contributed by atoms with van der Waals surface area (Å²) >= 11 is 6.45. The zero-order valence-corrected chi connectivity index (χ0v) is 17.6.